The Hall–Kier alpha value is -1.34. The minimum absolute atomic E-state index is 0.349. The van der Waals surface area contributed by atoms with Crippen molar-refractivity contribution in [3.63, 3.8) is 0 Å². The van der Waals surface area contributed by atoms with Crippen LogP contribution in [0.3, 0.4) is 0 Å². The highest BCUT2D eigenvalue weighted by Gasteiger charge is 2.28. The third-order valence-electron chi connectivity index (χ3n) is 5.17. The number of hydrogen-bond donors (Lipinski definition) is 1. The summed E-state index contributed by atoms with van der Waals surface area (Å²) in [6.45, 7) is 10.1. The molecular formula is C19H31N3O3. The summed E-state index contributed by atoms with van der Waals surface area (Å²) in [5.74, 6) is 1.58. The van der Waals surface area contributed by atoms with Crippen molar-refractivity contribution in [2.75, 3.05) is 66.7 Å². The fraction of sp³-hybridized carbons (Fsp3) is 0.684. The van der Waals surface area contributed by atoms with E-state index in [9.17, 15) is 0 Å². The van der Waals surface area contributed by atoms with Gasteiger partial charge in [0.1, 0.15) is 0 Å². The monoisotopic (exact) mass is 349 g/mol. The number of morpholine rings is 1. The largest absolute Gasteiger partial charge is 0.493 e. The summed E-state index contributed by atoms with van der Waals surface area (Å²) < 4.78 is 16.5. The third kappa shape index (κ3) is 4.64. The molecule has 2 atom stereocenters. The lowest BCUT2D eigenvalue weighted by Gasteiger charge is -2.41. The Kier molecular flexibility index (Phi) is 6.53. The van der Waals surface area contributed by atoms with E-state index in [1.54, 1.807) is 14.2 Å². The molecule has 1 aromatic carbocycles. The molecule has 0 radical (unpaired) electrons. The van der Waals surface area contributed by atoms with Crippen molar-refractivity contribution in [2.24, 2.45) is 0 Å². The van der Waals surface area contributed by atoms with E-state index in [0.29, 0.717) is 12.1 Å². The van der Waals surface area contributed by atoms with Crippen LogP contribution in [0.4, 0.5) is 0 Å². The van der Waals surface area contributed by atoms with Crippen LogP contribution >= 0.6 is 0 Å². The van der Waals surface area contributed by atoms with E-state index >= 15 is 0 Å². The highest BCUT2D eigenvalue weighted by atomic mass is 16.5. The Morgan fingerprint density at radius 3 is 2.60 bits per heavy atom. The minimum Gasteiger partial charge on any atom is -0.493 e. The van der Waals surface area contributed by atoms with Gasteiger partial charge < -0.3 is 19.5 Å². The molecule has 0 saturated carbocycles. The summed E-state index contributed by atoms with van der Waals surface area (Å²) in [5, 5.41) is 3.54. The number of hydrogen-bond acceptors (Lipinski definition) is 6. The average Bonchev–Trinajstić information content (AvgIpc) is 2.66. The summed E-state index contributed by atoms with van der Waals surface area (Å²) in [5.41, 5.74) is 1.29. The first-order valence-electron chi connectivity index (χ1n) is 9.20. The second-order valence-corrected chi connectivity index (χ2v) is 6.89. The van der Waals surface area contributed by atoms with Crippen LogP contribution in [-0.2, 0) is 4.74 Å². The van der Waals surface area contributed by atoms with Crippen LogP contribution in [0.15, 0.2) is 18.2 Å². The average molecular weight is 349 g/mol. The van der Waals surface area contributed by atoms with Gasteiger partial charge in [-0.05, 0) is 24.6 Å². The standard InChI is InChI=1S/C19H31N3O3/c1-15-13-22(7-6-20-15)17(14-21-8-10-25-11-9-21)16-4-5-18(23-2)19(12-16)24-3/h4-5,12,15,17,20H,6-11,13-14H2,1-3H3. The van der Waals surface area contributed by atoms with E-state index in [4.69, 9.17) is 14.2 Å². The number of piperazine rings is 1. The van der Waals surface area contributed by atoms with Crippen LogP contribution in [0.2, 0.25) is 0 Å². The highest BCUT2D eigenvalue weighted by molar-refractivity contribution is 5.44. The molecule has 1 N–H and O–H groups in total. The molecule has 0 amide bonds. The summed E-state index contributed by atoms with van der Waals surface area (Å²) in [7, 11) is 3.38. The van der Waals surface area contributed by atoms with E-state index in [1.807, 2.05) is 6.07 Å². The van der Waals surface area contributed by atoms with Gasteiger partial charge in [-0.15, -0.1) is 0 Å². The summed E-state index contributed by atoms with van der Waals surface area (Å²) in [4.78, 5) is 5.11. The molecule has 3 rings (SSSR count). The fourth-order valence-electron chi connectivity index (χ4n) is 3.77. The van der Waals surface area contributed by atoms with Crippen LogP contribution in [0, 0.1) is 0 Å². The lowest BCUT2D eigenvalue weighted by molar-refractivity contribution is 0.0187. The predicted octanol–water partition coefficient (Wildman–Crippen LogP) is 1.37. The molecule has 2 aliphatic heterocycles. The Morgan fingerprint density at radius 2 is 1.92 bits per heavy atom. The van der Waals surface area contributed by atoms with Gasteiger partial charge in [-0.2, -0.15) is 0 Å². The first kappa shape index (κ1) is 18.5. The van der Waals surface area contributed by atoms with E-state index in [-0.39, 0.29) is 0 Å². The quantitative estimate of drug-likeness (QED) is 0.837. The van der Waals surface area contributed by atoms with Crippen molar-refractivity contribution >= 4 is 0 Å². The van der Waals surface area contributed by atoms with Gasteiger partial charge in [0, 0.05) is 51.4 Å². The SMILES string of the molecule is COc1ccc(C(CN2CCOCC2)N2CCNC(C)C2)cc1OC. The van der Waals surface area contributed by atoms with E-state index in [1.165, 1.54) is 5.56 Å². The van der Waals surface area contributed by atoms with Gasteiger partial charge in [-0.25, -0.2) is 0 Å². The number of rotatable bonds is 6. The van der Waals surface area contributed by atoms with Gasteiger partial charge in [0.25, 0.3) is 0 Å². The minimum atomic E-state index is 0.349. The molecular weight excluding hydrogens is 318 g/mol. The first-order valence-corrected chi connectivity index (χ1v) is 9.20. The summed E-state index contributed by atoms with van der Waals surface area (Å²) in [6, 6.07) is 7.20. The maximum Gasteiger partial charge on any atom is 0.161 e. The molecule has 0 bridgehead atoms. The molecule has 0 spiro atoms. The molecule has 6 heteroatoms. The predicted molar refractivity (Wildman–Crippen MR) is 98.6 cm³/mol. The Labute approximate surface area is 151 Å². The molecule has 6 nitrogen and oxygen atoms in total. The molecule has 2 fully saturated rings. The van der Waals surface area contributed by atoms with Crippen LogP contribution in [0.25, 0.3) is 0 Å². The van der Waals surface area contributed by atoms with E-state index in [0.717, 1.165) is 64.0 Å². The molecule has 2 unspecified atom stereocenters. The second kappa shape index (κ2) is 8.85. The van der Waals surface area contributed by atoms with Crippen molar-refractivity contribution in [2.45, 2.75) is 19.0 Å². The van der Waals surface area contributed by atoms with Crippen LogP contribution in [0.5, 0.6) is 11.5 Å². The molecule has 0 aliphatic carbocycles. The van der Waals surface area contributed by atoms with Gasteiger partial charge in [0.05, 0.1) is 27.4 Å². The molecule has 2 heterocycles. The molecule has 0 aromatic heterocycles. The number of nitrogens with zero attached hydrogens (tertiary/aromatic N) is 2. The van der Waals surface area contributed by atoms with Crippen molar-refractivity contribution in [1.82, 2.24) is 15.1 Å². The zero-order valence-corrected chi connectivity index (χ0v) is 15.7. The molecule has 140 valence electrons. The van der Waals surface area contributed by atoms with Crippen molar-refractivity contribution in [3.8, 4) is 11.5 Å². The number of ether oxygens (including phenoxy) is 3. The van der Waals surface area contributed by atoms with Gasteiger partial charge in [-0.3, -0.25) is 9.80 Å². The van der Waals surface area contributed by atoms with E-state index < -0.39 is 0 Å². The van der Waals surface area contributed by atoms with Crippen LogP contribution < -0.4 is 14.8 Å². The summed E-state index contributed by atoms with van der Waals surface area (Å²) in [6.07, 6.45) is 0. The van der Waals surface area contributed by atoms with Crippen molar-refractivity contribution < 1.29 is 14.2 Å². The zero-order chi connectivity index (χ0) is 17.6. The Bertz CT molecular complexity index is 549. The van der Waals surface area contributed by atoms with Gasteiger partial charge in [0.2, 0.25) is 0 Å². The van der Waals surface area contributed by atoms with Gasteiger partial charge >= 0.3 is 0 Å². The summed E-state index contributed by atoms with van der Waals surface area (Å²) >= 11 is 0. The third-order valence-corrected chi connectivity index (χ3v) is 5.17. The lowest BCUT2D eigenvalue weighted by Crippen LogP contribution is -2.52. The number of methoxy groups -OCH3 is 2. The van der Waals surface area contributed by atoms with Crippen molar-refractivity contribution in [1.29, 1.82) is 0 Å². The van der Waals surface area contributed by atoms with Gasteiger partial charge in [-0.1, -0.05) is 6.07 Å². The normalized spacial score (nSPS) is 24.0. The Balaban J connectivity index is 1.83. The number of benzene rings is 1. The molecule has 25 heavy (non-hydrogen) atoms. The maximum atomic E-state index is 5.54. The lowest BCUT2D eigenvalue weighted by atomic mass is 10.0. The van der Waals surface area contributed by atoms with Crippen LogP contribution in [0.1, 0.15) is 18.5 Å². The van der Waals surface area contributed by atoms with Crippen molar-refractivity contribution in [3.05, 3.63) is 23.8 Å². The van der Waals surface area contributed by atoms with Crippen LogP contribution in [-0.4, -0.2) is 82.5 Å². The van der Waals surface area contributed by atoms with Gasteiger partial charge in [0.15, 0.2) is 11.5 Å². The molecule has 2 saturated heterocycles. The molecule has 1 aromatic rings. The van der Waals surface area contributed by atoms with E-state index in [2.05, 4.69) is 34.2 Å². The Morgan fingerprint density at radius 1 is 1.16 bits per heavy atom. The fourth-order valence-corrected chi connectivity index (χ4v) is 3.77. The topological polar surface area (TPSA) is 46.2 Å². The first-order chi connectivity index (χ1) is 12.2. The second-order valence-electron chi connectivity index (χ2n) is 6.89. The highest BCUT2D eigenvalue weighted by Crippen LogP contribution is 2.33. The maximum absolute atomic E-state index is 5.54. The number of nitrogens with one attached hydrogen (secondary N) is 1. The smallest absolute Gasteiger partial charge is 0.161 e. The molecule has 2 aliphatic rings. The zero-order valence-electron chi connectivity index (χ0n) is 15.7.